The zero-order valence-corrected chi connectivity index (χ0v) is 13.5. The first kappa shape index (κ1) is 17.6. The van der Waals surface area contributed by atoms with Crippen molar-refractivity contribution in [3.05, 3.63) is 23.8 Å². The predicted molar refractivity (Wildman–Crippen MR) is 86.7 cm³/mol. The number of anilines is 2. The Bertz CT molecular complexity index is 619. The van der Waals surface area contributed by atoms with Gasteiger partial charge in [0, 0.05) is 18.8 Å². The molecule has 0 bridgehead atoms. The van der Waals surface area contributed by atoms with Crippen LogP contribution in [0.25, 0.3) is 0 Å². The number of benzene rings is 1. The molecule has 0 saturated carbocycles. The Morgan fingerprint density at radius 3 is 2.67 bits per heavy atom. The molecule has 3 N–H and O–H groups in total. The van der Waals surface area contributed by atoms with Gasteiger partial charge in [-0.1, -0.05) is 0 Å². The highest BCUT2D eigenvalue weighted by molar-refractivity contribution is 7.92. The fourth-order valence-electron chi connectivity index (χ4n) is 2.32. The average Bonchev–Trinajstić information content (AvgIpc) is 2.39. The molecule has 0 radical (unpaired) electrons. The van der Waals surface area contributed by atoms with Gasteiger partial charge in [0.2, 0.25) is 10.0 Å². The quantitative estimate of drug-likeness (QED) is 0.874. The Morgan fingerprint density at radius 2 is 2.10 bits per heavy atom. The van der Waals surface area contributed by atoms with E-state index >= 15 is 0 Å². The number of sulfonamides is 1. The lowest BCUT2D eigenvalue weighted by atomic mass is 10.1. The molecule has 0 aromatic heterocycles. The molecule has 1 aliphatic heterocycles. The average molecular weight is 334 g/mol. The van der Waals surface area contributed by atoms with Crippen LogP contribution in [0.4, 0.5) is 11.4 Å². The number of carbonyl (C=O) groups is 1. The number of rotatable bonds is 4. The van der Waals surface area contributed by atoms with E-state index in [9.17, 15) is 13.2 Å². The number of nitrogens with one attached hydrogen (secondary N) is 1. The third-order valence-electron chi connectivity index (χ3n) is 3.26. The van der Waals surface area contributed by atoms with Crippen LogP contribution >= 0.6 is 12.4 Å². The molecule has 1 aromatic rings. The van der Waals surface area contributed by atoms with Crippen LogP contribution in [0.15, 0.2) is 18.2 Å². The third-order valence-corrected chi connectivity index (χ3v) is 5.12. The summed E-state index contributed by atoms with van der Waals surface area (Å²) in [5.41, 5.74) is 6.74. The van der Waals surface area contributed by atoms with E-state index in [-0.39, 0.29) is 23.7 Å². The van der Waals surface area contributed by atoms with E-state index in [1.165, 1.54) is 4.31 Å². The minimum atomic E-state index is -3.35. The zero-order valence-electron chi connectivity index (χ0n) is 11.8. The molecular formula is C13H20ClN3O3S. The second-order valence-corrected chi connectivity index (χ2v) is 6.73. The predicted octanol–water partition coefficient (Wildman–Crippen LogP) is 1.57. The van der Waals surface area contributed by atoms with E-state index in [1.807, 2.05) is 6.92 Å². The lowest BCUT2D eigenvalue weighted by Gasteiger charge is -2.29. The number of hydrogen-bond donors (Lipinski definition) is 2. The number of hydrogen-bond acceptors (Lipinski definition) is 4. The summed E-state index contributed by atoms with van der Waals surface area (Å²) in [7, 11) is -3.35. The number of halogens is 1. The second-order valence-electron chi connectivity index (χ2n) is 4.72. The van der Waals surface area contributed by atoms with Crippen LogP contribution in [-0.2, 0) is 10.0 Å². The Balaban J connectivity index is 0.00000220. The molecule has 1 aliphatic rings. The monoisotopic (exact) mass is 333 g/mol. The van der Waals surface area contributed by atoms with Crippen LogP contribution in [0.1, 0.15) is 30.1 Å². The highest BCUT2D eigenvalue weighted by Crippen LogP contribution is 2.29. The minimum absolute atomic E-state index is 0. The summed E-state index contributed by atoms with van der Waals surface area (Å²) in [6.45, 7) is 3.04. The van der Waals surface area contributed by atoms with E-state index in [1.54, 1.807) is 18.2 Å². The molecule has 1 amide bonds. The maximum absolute atomic E-state index is 12.1. The van der Waals surface area contributed by atoms with Crippen molar-refractivity contribution in [1.29, 1.82) is 0 Å². The number of amides is 1. The van der Waals surface area contributed by atoms with Gasteiger partial charge in [-0.15, -0.1) is 12.4 Å². The number of carbonyl (C=O) groups excluding carboxylic acids is 1. The van der Waals surface area contributed by atoms with Crippen molar-refractivity contribution in [2.24, 2.45) is 5.73 Å². The van der Waals surface area contributed by atoms with Crippen molar-refractivity contribution in [3.8, 4) is 0 Å². The van der Waals surface area contributed by atoms with Crippen molar-refractivity contribution in [3.63, 3.8) is 0 Å². The number of nitrogens with two attached hydrogens (primary N) is 1. The summed E-state index contributed by atoms with van der Waals surface area (Å²) in [5, 5.41) is 3.08. The summed E-state index contributed by atoms with van der Waals surface area (Å²) in [6, 6.07) is 5.00. The summed E-state index contributed by atoms with van der Waals surface area (Å²) < 4.78 is 25.5. The lowest BCUT2D eigenvalue weighted by molar-refractivity contribution is 0.100. The molecule has 6 nitrogen and oxygen atoms in total. The maximum Gasteiger partial charge on any atom is 0.250 e. The Morgan fingerprint density at radius 1 is 1.38 bits per heavy atom. The SMILES string of the molecule is CCNc1ccc(N2CCCCS2(=O)=O)c(C(N)=O)c1.Cl. The van der Waals surface area contributed by atoms with Crippen LogP contribution in [-0.4, -0.2) is 33.2 Å². The molecule has 2 rings (SSSR count). The van der Waals surface area contributed by atoms with Gasteiger partial charge in [0.25, 0.3) is 5.91 Å². The number of primary amides is 1. The molecule has 0 atom stereocenters. The van der Waals surface area contributed by atoms with Gasteiger partial charge in [-0.2, -0.15) is 0 Å². The van der Waals surface area contributed by atoms with Gasteiger partial charge in [-0.3, -0.25) is 9.10 Å². The van der Waals surface area contributed by atoms with Gasteiger partial charge < -0.3 is 11.1 Å². The van der Waals surface area contributed by atoms with Crippen molar-refractivity contribution in [1.82, 2.24) is 0 Å². The topological polar surface area (TPSA) is 92.5 Å². The van der Waals surface area contributed by atoms with Gasteiger partial charge in [0.15, 0.2) is 0 Å². The molecule has 8 heteroatoms. The van der Waals surface area contributed by atoms with Crippen molar-refractivity contribution in [2.75, 3.05) is 28.5 Å². The molecule has 1 saturated heterocycles. The molecule has 0 unspecified atom stereocenters. The van der Waals surface area contributed by atoms with E-state index in [0.29, 0.717) is 25.2 Å². The van der Waals surface area contributed by atoms with Crippen LogP contribution in [0.5, 0.6) is 0 Å². The van der Waals surface area contributed by atoms with Crippen LogP contribution in [0, 0.1) is 0 Å². The first-order valence-electron chi connectivity index (χ1n) is 6.64. The van der Waals surface area contributed by atoms with Crippen molar-refractivity contribution < 1.29 is 13.2 Å². The van der Waals surface area contributed by atoms with Gasteiger partial charge in [0.1, 0.15) is 0 Å². The summed E-state index contributed by atoms with van der Waals surface area (Å²) >= 11 is 0. The van der Waals surface area contributed by atoms with Gasteiger partial charge in [-0.05, 0) is 38.0 Å². The fourth-order valence-corrected chi connectivity index (χ4v) is 3.98. The van der Waals surface area contributed by atoms with Crippen molar-refractivity contribution >= 4 is 39.7 Å². The first-order chi connectivity index (χ1) is 9.45. The van der Waals surface area contributed by atoms with Crippen LogP contribution in [0.3, 0.4) is 0 Å². The minimum Gasteiger partial charge on any atom is -0.385 e. The van der Waals surface area contributed by atoms with Gasteiger partial charge >= 0.3 is 0 Å². The summed E-state index contributed by atoms with van der Waals surface area (Å²) in [5.74, 6) is -0.513. The smallest absolute Gasteiger partial charge is 0.250 e. The molecular weight excluding hydrogens is 314 g/mol. The van der Waals surface area contributed by atoms with Gasteiger partial charge in [-0.25, -0.2) is 8.42 Å². The molecule has 21 heavy (non-hydrogen) atoms. The highest BCUT2D eigenvalue weighted by atomic mass is 35.5. The van der Waals surface area contributed by atoms with E-state index in [2.05, 4.69) is 5.32 Å². The second kappa shape index (κ2) is 7.00. The normalized spacial score (nSPS) is 16.9. The standard InChI is InChI=1S/C13H19N3O3S.ClH/c1-2-15-10-5-6-12(11(9-10)13(14)17)16-7-3-4-8-20(16,18)19;/h5-6,9,15H,2-4,7-8H2,1H3,(H2,14,17);1H. The first-order valence-corrected chi connectivity index (χ1v) is 8.25. The molecule has 0 aliphatic carbocycles. The highest BCUT2D eigenvalue weighted by Gasteiger charge is 2.28. The molecule has 1 heterocycles. The third kappa shape index (κ3) is 3.79. The summed E-state index contributed by atoms with van der Waals surface area (Å²) in [4.78, 5) is 11.6. The molecule has 1 aromatic carbocycles. The molecule has 118 valence electrons. The van der Waals surface area contributed by atoms with Crippen molar-refractivity contribution in [2.45, 2.75) is 19.8 Å². The Labute approximate surface area is 131 Å². The fraction of sp³-hybridized carbons (Fsp3) is 0.462. The summed E-state index contributed by atoms with van der Waals surface area (Å²) in [6.07, 6.45) is 1.44. The van der Waals surface area contributed by atoms with E-state index in [0.717, 1.165) is 12.1 Å². The molecule has 1 fully saturated rings. The van der Waals surface area contributed by atoms with Crippen LogP contribution < -0.4 is 15.4 Å². The largest absolute Gasteiger partial charge is 0.385 e. The van der Waals surface area contributed by atoms with Gasteiger partial charge in [0.05, 0.1) is 17.0 Å². The zero-order chi connectivity index (χ0) is 14.8. The number of nitrogens with zero attached hydrogens (tertiary/aromatic N) is 1. The van der Waals surface area contributed by atoms with E-state index < -0.39 is 15.9 Å². The Kier molecular flexibility index (Phi) is 5.86. The lowest BCUT2D eigenvalue weighted by Crippen LogP contribution is -2.39. The Hall–Kier alpha value is -1.47. The maximum atomic E-state index is 12.1. The van der Waals surface area contributed by atoms with Crippen LogP contribution in [0.2, 0.25) is 0 Å². The van der Waals surface area contributed by atoms with E-state index in [4.69, 9.17) is 5.73 Å². The molecule has 0 spiro atoms.